The fourth-order valence-electron chi connectivity index (χ4n) is 1.07. The molecule has 1 aromatic rings. The first-order valence-electron chi connectivity index (χ1n) is 3.72. The molecule has 1 rings (SSSR count). The lowest BCUT2D eigenvalue weighted by atomic mass is 10.1. The van der Waals surface area contributed by atoms with Crippen LogP contribution in [0.25, 0.3) is 0 Å². The second-order valence-electron chi connectivity index (χ2n) is 2.42. The number of nitrogens with two attached hydrogens (primary N) is 1. The van der Waals surface area contributed by atoms with Crippen molar-refractivity contribution in [1.82, 2.24) is 0 Å². The van der Waals surface area contributed by atoms with Gasteiger partial charge in [-0.3, -0.25) is 0 Å². The standard InChI is InChI=1S/C9H13NP/c1-11-9(7-10)8-5-3-2-4-6-8/h2-6,9H,7,10H2,1H3/q-1. The number of benzene rings is 1. The van der Waals surface area contributed by atoms with Crippen LogP contribution in [0.15, 0.2) is 30.3 Å². The van der Waals surface area contributed by atoms with E-state index in [0.717, 1.165) is 6.54 Å². The third kappa shape index (κ3) is 2.28. The smallest absolute Gasteiger partial charge is 0.0271 e. The van der Waals surface area contributed by atoms with Crippen molar-refractivity contribution < 1.29 is 0 Å². The van der Waals surface area contributed by atoms with E-state index in [1.165, 1.54) is 14.1 Å². The van der Waals surface area contributed by atoms with Gasteiger partial charge in [-0.05, 0) is 6.54 Å². The Balaban J connectivity index is 2.74. The van der Waals surface area contributed by atoms with E-state index >= 15 is 0 Å². The highest BCUT2D eigenvalue weighted by molar-refractivity contribution is 7.37. The van der Waals surface area contributed by atoms with Crippen LogP contribution in [-0.2, 0) is 0 Å². The van der Waals surface area contributed by atoms with Gasteiger partial charge >= 0.3 is 0 Å². The highest BCUT2D eigenvalue weighted by Crippen LogP contribution is 2.29. The molecule has 0 heterocycles. The Bertz CT molecular complexity index is 194. The van der Waals surface area contributed by atoms with Crippen molar-refractivity contribution in [3.8, 4) is 0 Å². The molecule has 0 aliphatic rings. The summed E-state index contributed by atoms with van der Waals surface area (Å²) in [5.41, 5.74) is 7.47. The van der Waals surface area contributed by atoms with Gasteiger partial charge in [0.2, 0.25) is 0 Å². The van der Waals surface area contributed by atoms with Crippen molar-refractivity contribution in [3.05, 3.63) is 35.9 Å². The summed E-state index contributed by atoms with van der Waals surface area (Å²) in [4.78, 5) is 0. The Morgan fingerprint density at radius 2 is 2.00 bits per heavy atom. The average molecular weight is 166 g/mol. The number of rotatable bonds is 3. The monoisotopic (exact) mass is 166 g/mol. The maximum Gasteiger partial charge on any atom is -0.0271 e. The minimum Gasteiger partial charge on any atom is -0.534 e. The molecule has 1 aromatic carbocycles. The summed E-state index contributed by atoms with van der Waals surface area (Å²) in [7, 11) is 1.35. The lowest BCUT2D eigenvalue weighted by Crippen LogP contribution is -2.07. The third-order valence-electron chi connectivity index (χ3n) is 1.72. The zero-order valence-corrected chi connectivity index (χ0v) is 7.59. The molecule has 2 heteroatoms. The van der Waals surface area contributed by atoms with E-state index in [1.54, 1.807) is 0 Å². The molecule has 0 aliphatic carbocycles. The van der Waals surface area contributed by atoms with Crippen molar-refractivity contribution in [2.24, 2.45) is 5.73 Å². The van der Waals surface area contributed by atoms with Gasteiger partial charge in [0.1, 0.15) is 0 Å². The maximum atomic E-state index is 5.61. The predicted molar refractivity (Wildman–Crippen MR) is 51.1 cm³/mol. The summed E-state index contributed by atoms with van der Waals surface area (Å²) in [6, 6.07) is 10.4. The zero-order valence-electron chi connectivity index (χ0n) is 6.70. The van der Waals surface area contributed by atoms with E-state index in [0.29, 0.717) is 5.66 Å². The van der Waals surface area contributed by atoms with Gasteiger partial charge in [0.05, 0.1) is 0 Å². The van der Waals surface area contributed by atoms with E-state index in [1.807, 2.05) is 6.07 Å². The molecule has 0 saturated carbocycles. The molecule has 0 saturated heterocycles. The number of hydrogen-bond donors (Lipinski definition) is 1. The second kappa shape index (κ2) is 4.48. The van der Waals surface area contributed by atoms with Crippen LogP contribution in [0.1, 0.15) is 11.2 Å². The molecular weight excluding hydrogens is 153 g/mol. The quantitative estimate of drug-likeness (QED) is 0.685. The minimum atomic E-state index is 0.510. The lowest BCUT2D eigenvalue weighted by molar-refractivity contribution is 0.937. The van der Waals surface area contributed by atoms with Crippen molar-refractivity contribution in [1.29, 1.82) is 0 Å². The van der Waals surface area contributed by atoms with Gasteiger partial charge in [-0.25, -0.2) is 0 Å². The third-order valence-corrected chi connectivity index (χ3v) is 2.85. The Morgan fingerprint density at radius 3 is 2.45 bits per heavy atom. The van der Waals surface area contributed by atoms with E-state index in [4.69, 9.17) is 5.73 Å². The Kier molecular flexibility index (Phi) is 3.55. The van der Waals surface area contributed by atoms with Crippen LogP contribution in [0, 0.1) is 0 Å². The van der Waals surface area contributed by atoms with Crippen molar-refractivity contribution in [2.75, 3.05) is 13.2 Å². The van der Waals surface area contributed by atoms with Crippen molar-refractivity contribution >= 4 is 8.58 Å². The van der Waals surface area contributed by atoms with Crippen molar-refractivity contribution in [3.63, 3.8) is 0 Å². The first-order valence-corrected chi connectivity index (χ1v) is 5.13. The molecule has 0 aromatic heterocycles. The minimum absolute atomic E-state index is 0.510. The Hall–Kier alpha value is -0.390. The van der Waals surface area contributed by atoms with E-state index in [-0.39, 0.29) is 0 Å². The largest absolute Gasteiger partial charge is 0.534 e. The fraction of sp³-hybridized carbons (Fsp3) is 0.333. The second-order valence-corrected chi connectivity index (χ2v) is 3.56. The summed E-state index contributed by atoms with van der Waals surface area (Å²) >= 11 is 0. The normalized spacial score (nSPS) is 14.0. The molecule has 0 amide bonds. The summed E-state index contributed by atoms with van der Waals surface area (Å²) in [5.74, 6) is 0. The lowest BCUT2D eigenvalue weighted by Gasteiger charge is -2.24. The van der Waals surface area contributed by atoms with E-state index < -0.39 is 0 Å². The molecule has 0 radical (unpaired) electrons. The molecule has 11 heavy (non-hydrogen) atoms. The molecular formula is C9H13NP-. The van der Waals surface area contributed by atoms with Crippen LogP contribution in [-0.4, -0.2) is 13.2 Å². The molecule has 0 fully saturated rings. The summed E-state index contributed by atoms with van der Waals surface area (Å²) in [5, 5.41) is 0. The summed E-state index contributed by atoms with van der Waals surface area (Å²) in [6.07, 6.45) is 0. The maximum absolute atomic E-state index is 5.61. The number of hydrogen-bond acceptors (Lipinski definition) is 1. The van der Waals surface area contributed by atoms with Crippen LogP contribution < -0.4 is 5.73 Å². The highest BCUT2D eigenvalue weighted by atomic mass is 31.1. The van der Waals surface area contributed by atoms with Gasteiger partial charge in [0, 0.05) is 0 Å². The highest BCUT2D eigenvalue weighted by Gasteiger charge is 1.94. The topological polar surface area (TPSA) is 26.0 Å². The van der Waals surface area contributed by atoms with Gasteiger partial charge in [0.25, 0.3) is 0 Å². The molecule has 2 N–H and O–H groups in total. The fourth-order valence-corrected chi connectivity index (χ4v) is 1.75. The zero-order chi connectivity index (χ0) is 8.10. The van der Waals surface area contributed by atoms with Crippen LogP contribution in [0.3, 0.4) is 0 Å². The van der Waals surface area contributed by atoms with Gasteiger partial charge in [-0.15, -0.1) is 5.66 Å². The summed E-state index contributed by atoms with van der Waals surface area (Å²) in [6.45, 7) is 2.88. The van der Waals surface area contributed by atoms with Crippen molar-refractivity contribution in [2.45, 2.75) is 5.66 Å². The molecule has 60 valence electrons. The Labute approximate surface area is 69.8 Å². The molecule has 0 spiro atoms. The first-order chi connectivity index (χ1) is 5.38. The van der Waals surface area contributed by atoms with Gasteiger partial charge in [-0.2, -0.15) is 6.66 Å². The van der Waals surface area contributed by atoms with Crippen LogP contribution in [0.4, 0.5) is 0 Å². The summed E-state index contributed by atoms with van der Waals surface area (Å²) < 4.78 is 0. The van der Waals surface area contributed by atoms with E-state index in [9.17, 15) is 0 Å². The van der Waals surface area contributed by atoms with E-state index in [2.05, 4.69) is 30.9 Å². The molecule has 1 nitrogen and oxygen atoms in total. The van der Waals surface area contributed by atoms with Crippen LogP contribution >= 0.6 is 8.58 Å². The van der Waals surface area contributed by atoms with Gasteiger partial charge in [0.15, 0.2) is 0 Å². The predicted octanol–water partition coefficient (Wildman–Crippen LogP) is 2.26. The van der Waals surface area contributed by atoms with Crippen LogP contribution in [0.2, 0.25) is 0 Å². The van der Waals surface area contributed by atoms with Gasteiger partial charge in [-0.1, -0.05) is 35.9 Å². The molecule has 0 bridgehead atoms. The average Bonchev–Trinajstić information content (AvgIpc) is 2.09. The molecule has 1 atom stereocenters. The first kappa shape index (κ1) is 8.70. The van der Waals surface area contributed by atoms with Crippen LogP contribution in [0.5, 0.6) is 0 Å². The molecule has 0 aliphatic heterocycles. The SMILES string of the molecule is C[P-]C(CN)c1ccccc1. The molecule has 1 unspecified atom stereocenters. The Morgan fingerprint density at radius 1 is 1.36 bits per heavy atom. The van der Waals surface area contributed by atoms with Gasteiger partial charge < -0.3 is 14.3 Å².